The number of amides is 1. The fraction of sp³-hybridized carbons (Fsp3) is 0.450. The van der Waals surface area contributed by atoms with Gasteiger partial charge in [0.05, 0.1) is 14.2 Å². The minimum absolute atomic E-state index is 0.227. The Balaban J connectivity index is 2.24. The zero-order valence-corrected chi connectivity index (χ0v) is 16.5. The molecule has 0 bridgehead atoms. The maximum absolute atomic E-state index is 12.7. The van der Waals surface area contributed by atoms with Crippen molar-refractivity contribution in [3.05, 3.63) is 51.2 Å². The summed E-state index contributed by atoms with van der Waals surface area (Å²) < 4.78 is 10.5. The van der Waals surface area contributed by atoms with E-state index < -0.39 is 0 Å². The average molecular weight is 373 g/mol. The first-order chi connectivity index (χ1) is 12.9. The molecular formula is C20H27N3O4. The fourth-order valence-electron chi connectivity index (χ4n) is 2.72. The van der Waals surface area contributed by atoms with Crippen LogP contribution in [0.25, 0.3) is 0 Å². The van der Waals surface area contributed by atoms with Gasteiger partial charge in [0.1, 0.15) is 22.9 Å². The highest BCUT2D eigenvalue weighted by Gasteiger charge is 2.17. The van der Waals surface area contributed by atoms with Crippen molar-refractivity contribution in [1.82, 2.24) is 15.3 Å². The largest absolute Gasteiger partial charge is 0.497 e. The Hall–Kier alpha value is -2.83. The molecular weight excluding hydrogens is 346 g/mol. The zero-order chi connectivity index (χ0) is 20.0. The lowest BCUT2D eigenvalue weighted by Crippen LogP contribution is -2.29. The van der Waals surface area contributed by atoms with Gasteiger partial charge in [0.25, 0.3) is 11.5 Å². The number of nitrogens with zero attached hydrogens (tertiary/aromatic N) is 1. The molecule has 27 heavy (non-hydrogen) atoms. The summed E-state index contributed by atoms with van der Waals surface area (Å²) in [7, 11) is 3.15. The highest BCUT2D eigenvalue weighted by atomic mass is 16.5. The molecule has 0 spiro atoms. The number of aromatic amines is 1. The van der Waals surface area contributed by atoms with Gasteiger partial charge in [-0.05, 0) is 36.5 Å². The number of methoxy groups -OCH3 is 2. The van der Waals surface area contributed by atoms with Gasteiger partial charge in [0, 0.05) is 18.3 Å². The Labute approximate surface area is 159 Å². The van der Waals surface area contributed by atoms with Gasteiger partial charge >= 0.3 is 0 Å². The molecule has 0 aliphatic heterocycles. The molecule has 2 rings (SSSR count). The summed E-state index contributed by atoms with van der Waals surface area (Å²) in [6.45, 7) is 6.17. The highest BCUT2D eigenvalue weighted by Crippen LogP contribution is 2.22. The van der Waals surface area contributed by atoms with E-state index in [1.165, 1.54) is 0 Å². The number of ether oxygens (including phenoxy) is 2. The van der Waals surface area contributed by atoms with Crippen LogP contribution in [0.15, 0.2) is 23.0 Å². The van der Waals surface area contributed by atoms with Crippen LogP contribution in [0.1, 0.15) is 48.2 Å². The van der Waals surface area contributed by atoms with Crippen molar-refractivity contribution in [1.29, 1.82) is 0 Å². The third-order valence-electron chi connectivity index (χ3n) is 4.09. The molecule has 0 aliphatic carbocycles. The van der Waals surface area contributed by atoms with Gasteiger partial charge in [-0.1, -0.05) is 20.8 Å². The van der Waals surface area contributed by atoms with Crippen LogP contribution in [0, 0.1) is 5.92 Å². The Kier molecular flexibility index (Phi) is 6.98. The summed E-state index contributed by atoms with van der Waals surface area (Å²) >= 11 is 0. The van der Waals surface area contributed by atoms with Crippen LogP contribution in [-0.2, 0) is 19.4 Å². The maximum atomic E-state index is 12.7. The Morgan fingerprint density at radius 3 is 2.33 bits per heavy atom. The number of benzene rings is 1. The molecule has 1 heterocycles. The van der Waals surface area contributed by atoms with E-state index in [4.69, 9.17) is 9.47 Å². The standard InChI is InChI=1S/C20H27N3O4/c1-6-16-18(22-17(7-12(2)3)19(24)23-16)20(25)21-11-13-8-14(26-4)10-15(9-13)27-5/h8-10,12H,6-7,11H2,1-5H3,(H,21,25)(H,23,24). The molecule has 0 atom stereocenters. The highest BCUT2D eigenvalue weighted by molar-refractivity contribution is 5.93. The van der Waals surface area contributed by atoms with E-state index in [0.717, 1.165) is 5.56 Å². The summed E-state index contributed by atoms with van der Waals surface area (Å²) in [5.74, 6) is 1.24. The Morgan fingerprint density at radius 1 is 1.19 bits per heavy atom. The van der Waals surface area contributed by atoms with Crippen LogP contribution in [-0.4, -0.2) is 30.1 Å². The second-order valence-electron chi connectivity index (χ2n) is 6.69. The first-order valence-electron chi connectivity index (χ1n) is 9.00. The second kappa shape index (κ2) is 9.21. The number of carbonyl (C=O) groups is 1. The van der Waals surface area contributed by atoms with Crippen LogP contribution in [0.2, 0.25) is 0 Å². The minimum atomic E-state index is -0.324. The molecule has 0 fully saturated rings. The lowest BCUT2D eigenvalue weighted by atomic mass is 10.1. The summed E-state index contributed by atoms with van der Waals surface area (Å²) in [4.78, 5) is 32.0. The molecule has 146 valence electrons. The second-order valence-corrected chi connectivity index (χ2v) is 6.69. The number of H-pyrrole nitrogens is 1. The van der Waals surface area contributed by atoms with Gasteiger partial charge in [-0.25, -0.2) is 4.98 Å². The van der Waals surface area contributed by atoms with Crippen molar-refractivity contribution in [3.8, 4) is 11.5 Å². The van der Waals surface area contributed by atoms with Gasteiger partial charge in [-0.15, -0.1) is 0 Å². The van der Waals surface area contributed by atoms with Gasteiger partial charge < -0.3 is 19.8 Å². The number of hydrogen-bond donors (Lipinski definition) is 2. The predicted molar refractivity (Wildman–Crippen MR) is 103 cm³/mol. The third-order valence-corrected chi connectivity index (χ3v) is 4.09. The molecule has 2 N–H and O–H groups in total. The van der Waals surface area contributed by atoms with E-state index in [1.54, 1.807) is 20.3 Å². The topological polar surface area (TPSA) is 93.3 Å². The van der Waals surface area contributed by atoms with Crippen LogP contribution >= 0.6 is 0 Å². The third kappa shape index (κ3) is 5.32. The Morgan fingerprint density at radius 2 is 1.81 bits per heavy atom. The molecule has 1 aromatic heterocycles. The van der Waals surface area contributed by atoms with Crippen molar-refractivity contribution < 1.29 is 14.3 Å². The summed E-state index contributed by atoms with van der Waals surface area (Å²) in [5, 5.41) is 2.86. The lowest BCUT2D eigenvalue weighted by molar-refractivity contribution is 0.0943. The van der Waals surface area contributed by atoms with Crippen molar-refractivity contribution in [2.75, 3.05) is 14.2 Å². The van der Waals surface area contributed by atoms with Gasteiger partial charge in [-0.3, -0.25) is 9.59 Å². The Bertz CT molecular complexity index is 837. The van der Waals surface area contributed by atoms with Crippen molar-refractivity contribution in [2.45, 2.75) is 40.2 Å². The summed E-state index contributed by atoms with van der Waals surface area (Å²) in [6.07, 6.45) is 1.03. The molecule has 0 radical (unpaired) electrons. The molecule has 1 aromatic carbocycles. The number of carbonyl (C=O) groups excluding carboxylic acids is 1. The molecule has 0 unspecified atom stereocenters. The molecule has 0 saturated heterocycles. The van der Waals surface area contributed by atoms with Crippen molar-refractivity contribution >= 4 is 5.91 Å². The van der Waals surface area contributed by atoms with Crippen LogP contribution in [0.4, 0.5) is 0 Å². The zero-order valence-electron chi connectivity index (χ0n) is 16.5. The molecule has 0 aliphatic rings. The smallest absolute Gasteiger partial charge is 0.271 e. The van der Waals surface area contributed by atoms with Crippen LogP contribution in [0.3, 0.4) is 0 Å². The lowest BCUT2D eigenvalue weighted by Gasteiger charge is -2.12. The number of rotatable bonds is 8. The molecule has 1 amide bonds. The first-order valence-corrected chi connectivity index (χ1v) is 9.00. The van der Waals surface area contributed by atoms with E-state index in [1.807, 2.05) is 32.9 Å². The number of aryl methyl sites for hydroxylation is 1. The minimum Gasteiger partial charge on any atom is -0.497 e. The predicted octanol–water partition coefficient (Wildman–Crippen LogP) is 2.48. The van der Waals surface area contributed by atoms with E-state index in [0.29, 0.717) is 35.7 Å². The van der Waals surface area contributed by atoms with E-state index in [2.05, 4.69) is 15.3 Å². The van der Waals surface area contributed by atoms with Gasteiger partial charge in [0.15, 0.2) is 0 Å². The van der Waals surface area contributed by atoms with Gasteiger partial charge in [0.2, 0.25) is 0 Å². The van der Waals surface area contributed by atoms with Crippen molar-refractivity contribution in [2.24, 2.45) is 5.92 Å². The summed E-state index contributed by atoms with van der Waals surface area (Å²) in [5.41, 5.74) is 1.80. The average Bonchev–Trinajstić information content (AvgIpc) is 2.66. The van der Waals surface area contributed by atoms with Crippen LogP contribution in [0.5, 0.6) is 11.5 Å². The molecule has 2 aromatic rings. The monoisotopic (exact) mass is 373 g/mol. The quantitative estimate of drug-likeness (QED) is 0.741. The van der Waals surface area contributed by atoms with E-state index in [-0.39, 0.29) is 29.6 Å². The number of aromatic nitrogens is 2. The maximum Gasteiger partial charge on any atom is 0.271 e. The number of hydrogen-bond acceptors (Lipinski definition) is 5. The SMILES string of the molecule is CCc1[nH]c(=O)c(CC(C)C)nc1C(=O)NCc1cc(OC)cc(OC)c1. The van der Waals surface area contributed by atoms with Crippen LogP contribution < -0.4 is 20.3 Å². The summed E-state index contributed by atoms with van der Waals surface area (Å²) in [6, 6.07) is 5.42. The van der Waals surface area contributed by atoms with E-state index in [9.17, 15) is 9.59 Å². The first kappa shape index (κ1) is 20.5. The molecule has 7 nitrogen and oxygen atoms in total. The normalized spacial score (nSPS) is 10.7. The fourth-order valence-corrected chi connectivity index (χ4v) is 2.72. The molecule has 7 heteroatoms. The number of nitrogens with one attached hydrogen (secondary N) is 2. The van der Waals surface area contributed by atoms with E-state index >= 15 is 0 Å². The van der Waals surface area contributed by atoms with Crippen molar-refractivity contribution in [3.63, 3.8) is 0 Å². The molecule has 0 saturated carbocycles. The van der Waals surface area contributed by atoms with Gasteiger partial charge in [-0.2, -0.15) is 0 Å².